The van der Waals surface area contributed by atoms with E-state index in [0.717, 1.165) is 16.7 Å². The number of aliphatic hydroxyl groups excluding tert-OH is 1. The number of aliphatic hydroxyl groups is 1. The number of hydroxylamine groups is 2. The van der Waals surface area contributed by atoms with Gasteiger partial charge in [-0.2, -0.15) is 0 Å². The fourth-order valence-corrected chi connectivity index (χ4v) is 4.62. The Hall–Kier alpha value is -7.52. The Balaban J connectivity index is 0.000000311. The quantitative estimate of drug-likeness (QED) is 0.0513. The number of nitrogens with one attached hydrogen (secondary N) is 4. The number of benzene rings is 4. The number of anilines is 2. The van der Waals surface area contributed by atoms with Crippen LogP contribution in [0.3, 0.4) is 0 Å². The summed E-state index contributed by atoms with van der Waals surface area (Å²) in [4.78, 5) is 53.2. The van der Waals surface area contributed by atoms with E-state index >= 15 is 0 Å². The molecule has 4 rings (SSSR count). The predicted octanol–water partition coefficient (Wildman–Crippen LogP) is 3.15. The van der Waals surface area contributed by atoms with Crippen molar-refractivity contribution >= 4 is 35.0 Å². The summed E-state index contributed by atoms with van der Waals surface area (Å²) in [6.07, 6.45) is -1.18. The summed E-state index contributed by atoms with van der Waals surface area (Å²) in [5.74, 6) is 20.3. The van der Waals surface area contributed by atoms with Crippen LogP contribution in [-0.4, -0.2) is 58.7 Å². The molecule has 0 radical (unpaired) electrons. The Morgan fingerprint density at radius 2 is 0.931 bits per heavy atom. The molecular formula is C45H44N6O7. The first kappa shape index (κ1) is 44.9. The zero-order valence-corrected chi connectivity index (χ0v) is 32.3. The third-order valence-electron chi connectivity index (χ3n) is 7.78. The molecule has 3 atom stereocenters. The van der Waals surface area contributed by atoms with Crippen LogP contribution in [0.15, 0.2) is 97.1 Å². The maximum Gasteiger partial charge on any atom is 0.268 e. The van der Waals surface area contributed by atoms with Crippen molar-refractivity contribution in [3.05, 3.63) is 130 Å². The highest BCUT2D eigenvalue weighted by Gasteiger charge is 2.26. The zero-order chi connectivity index (χ0) is 42.5. The van der Waals surface area contributed by atoms with Crippen LogP contribution >= 0.6 is 0 Å². The smallest absolute Gasteiger partial charge is 0.268 e. The lowest BCUT2D eigenvalue weighted by Crippen LogP contribution is -2.51. The molecule has 0 unspecified atom stereocenters. The molecule has 0 fully saturated rings. The monoisotopic (exact) mass is 780 g/mol. The van der Waals surface area contributed by atoms with Crippen LogP contribution in [0.2, 0.25) is 0 Å². The van der Waals surface area contributed by atoms with Gasteiger partial charge in [0.1, 0.15) is 12.1 Å². The van der Waals surface area contributed by atoms with E-state index in [9.17, 15) is 24.3 Å². The highest BCUT2D eigenvalue weighted by Crippen LogP contribution is 2.09. The van der Waals surface area contributed by atoms with E-state index in [1.807, 2.05) is 26.0 Å². The van der Waals surface area contributed by atoms with Gasteiger partial charge in [-0.15, -0.1) is 0 Å². The fourth-order valence-electron chi connectivity index (χ4n) is 4.62. The first-order chi connectivity index (χ1) is 27.8. The number of hydrogen-bond acceptors (Lipinski definition) is 9. The topological polar surface area (TPSA) is 218 Å². The summed E-state index contributed by atoms with van der Waals surface area (Å²) in [6.45, 7) is 7.13. The molecule has 0 saturated carbocycles. The van der Waals surface area contributed by atoms with Crippen LogP contribution in [0.4, 0.5) is 11.4 Å². The molecule has 58 heavy (non-hydrogen) atoms. The van der Waals surface area contributed by atoms with Gasteiger partial charge in [0.15, 0.2) is 0 Å². The van der Waals surface area contributed by atoms with Crippen LogP contribution in [0, 0.1) is 53.3 Å². The minimum atomic E-state index is -1.28. The fraction of sp³-hybridized carbons (Fsp3) is 0.200. The molecule has 0 spiro atoms. The Morgan fingerprint density at radius 1 is 0.586 bits per heavy atom. The number of nitrogens with two attached hydrogens (primary N) is 2. The lowest BCUT2D eigenvalue weighted by Gasteiger charge is -2.21. The van der Waals surface area contributed by atoms with Crippen molar-refractivity contribution in [3.8, 4) is 47.4 Å². The van der Waals surface area contributed by atoms with Crippen LogP contribution < -0.4 is 33.1 Å². The van der Waals surface area contributed by atoms with Crippen LogP contribution in [0.1, 0.15) is 70.7 Å². The molecule has 13 nitrogen and oxygen atoms in total. The predicted molar refractivity (Wildman–Crippen MR) is 221 cm³/mol. The first-order valence-electron chi connectivity index (χ1n) is 17.9. The van der Waals surface area contributed by atoms with Crippen molar-refractivity contribution in [2.75, 3.05) is 18.1 Å². The highest BCUT2D eigenvalue weighted by molar-refractivity contribution is 5.98. The Kier molecular flexibility index (Phi) is 18.1. The van der Waals surface area contributed by atoms with Crippen molar-refractivity contribution < 1.29 is 34.3 Å². The third kappa shape index (κ3) is 15.3. The van der Waals surface area contributed by atoms with Crippen molar-refractivity contribution in [1.29, 1.82) is 0 Å². The van der Waals surface area contributed by atoms with E-state index < -0.39 is 30.0 Å². The van der Waals surface area contributed by atoms with Gasteiger partial charge >= 0.3 is 0 Å². The van der Waals surface area contributed by atoms with Gasteiger partial charge in [0.05, 0.1) is 12.7 Å². The van der Waals surface area contributed by atoms with E-state index in [-0.39, 0.29) is 23.3 Å². The second-order valence-electron chi connectivity index (χ2n) is 12.7. The van der Waals surface area contributed by atoms with Crippen LogP contribution in [0.25, 0.3) is 0 Å². The third-order valence-corrected chi connectivity index (χ3v) is 7.78. The molecule has 0 bridgehead atoms. The summed E-state index contributed by atoms with van der Waals surface area (Å²) < 4.78 is 0. The van der Waals surface area contributed by atoms with E-state index in [4.69, 9.17) is 21.5 Å². The lowest BCUT2D eigenvalue weighted by molar-refractivity contribution is -0.136. The Bertz CT molecular complexity index is 2280. The van der Waals surface area contributed by atoms with E-state index in [0.29, 0.717) is 29.1 Å². The van der Waals surface area contributed by atoms with Gasteiger partial charge in [-0.05, 0) is 141 Å². The number of nitrogen functional groups attached to an aromatic ring is 2. The van der Waals surface area contributed by atoms with Crippen molar-refractivity contribution in [3.63, 3.8) is 0 Å². The number of amides is 4. The molecule has 10 N–H and O–H groups in total. The highest BCUT2D eigenvalue weighted by atomic mass is 16.6. The largest absolute Gasteiger partial charge is 0.399 e. The second kappa shape index (κ2) is 23.4. The molecule has 0 saturated heterocycles. The minimum absolute atomic E-state index is 0.0980. The van der Waals surface area contributed by atoms with E-state index in [1.54, 1.807) is 79.7 Å². The van der Waals surface area contributed by atoms with E-state index in [2.05, 4.69) is 63.5 Å². The van der Waals surface area contributed by atoms with Gasteiger partial charge in [0.2, 0.25) is 0 Å². The summed E-state index contributed by atoms with van der Waals surface area (Å²) in [5.41, 5.74) is 20.1. The first-order valence-corrected chi connectivity index (χ1v) is 17.9. The molecule has 4 amide bonds. The van der Waals surface area contributed by atoms with Crippen molar-refractivity contribution in [2.24, 2.45) is 5.92 Å². The lowest BCUT2D eigenvalue weighted by atomic mass is 10.0. The van der Waals surface area contributed by atoms with Gasteiger partial charge in [-0.25, -0.2) is 11.0 Å². The summed E-state index contributed by atoms with van der Waals surface area (Å²) >= 11 is 0. The number of rotatable bonds is 10. The Morgan fingerprint density at radius 3 is 1.24 bits per heavy atom. The Labute approximate surface area is 337 Å². The molecule has 4 aromatic carbocycles. The summed E-state index contributed by atoms with van der Waals surface area (Å²) in [6, 6.07) is 25.5. The number of carbonyl (C=O) groups is 4. The zero-order valence-electron chi connectivity index (χ0n) is 32.3. The summed E-state index contributed by atoms with van der Waals surface area (Å²) in [7, 11) is 0. The number of hydrogen-bond donors (Lipinski definition) is 8. The van der Waals surface area contributed by atoms with E-state index in [1.165, 1.54) is 24.5 Å². The van der Waals surface area contributed by atoms with Crippen molar-refractivity contribution in [2.45, 2.75) is 45.9 Å². The van der Waals surface area contributed by atoms with Gasteiger partial charge in [0, 0.05) is 44.8 Å². The molecule has 0 aliphatic carbocycles. The molecular weight excluding hydrogens is 737 g/mol. The molecule has 0 aliphatic rings. The SMILES string of the molecule is CCONC(=O)[C@@H](NC(=O)c1ccc(C#CC#Cc2ccc(N)cc2)cc1)C(C)C.C[C@@H](O)[C@H](NC(=O)c1ccc(C#CC#Cc2ccc(N)cc2)cc1)C(=O)NO. The average Bonchev–Trinajstić information content (AvgIpc) is 3.22. The molecule has 0 aromatic heterocycles. The standard InChI is InChI=1S/C24H25N3O3.C21H19N3O4/c1-4-30-27-24(29)22(17(2)3)26-23(28)20-13-9-18(10-14-20)7-5-6-8-19-11-15-21(25)16-12-19;1-14(25)19(21(27)24-28)23-20(26)17-10-6-15(7-11-17)4-2-3-5-16-8-12-18(22)13-9-16/h9-17,22H,4,25H2,1-3H3,(H,26,28)(H,27,29);6-14,19,25,28H,22H2,1H3,(H,23,26)(H,24,27)/t22-;14-,19+/m01/s1. The van der Waals surface area contributed by atoms with Gasteiger partial charge in [0.25, 0.3) is 23.6 Å². The second-order valence-corrected chi connectivity index (χ2v) is 12.7. The minimum Gasteiger partial charge on any atom is -0.399 e. The molecule has 0 heterocycles. The number of carbonyl (C=O) groups excluding carboxylic acids is 4. The van der Waals surface area contributed by atoms with Gasteiger partial charge < -0.3 is 27.2 Å². The maximum absolute atomic E-state index is 12.5. The molecule has 4 aromatic rings. The van der Waals surface area contributed by atoms with Gasteiger partial charge in [-0.3, -0.25) is 29.2 Å². The maximum atomic E-state index is 12.5. The molecule has 296 valence electrons. The van der Waals surface area contributed by atoms with Gasteiger partial charge in [-0.1, -0.05) is 37.5 Å². The van der Waals surface area contributed by atoms with Crippen LogP contribution in [0.5, 0.6) is 0 Å². The van der Waals surface area contributed by atoms with Crippen molar-refractivity contribution in [1.82, 2.24) is 21.6 Å². The average molecular weight is 781 g/mol. The van der Waals surface area contributed by atoms with Crippen LogP contribution in [-0.2, 0) is 14.4 Å². The molecule has 0 aliphatic heterocycles. The normalized spacial score (nSPS) is 11.2. The molecule has 13 heteroatoms. The summed E-state index contributed by atoms with van der Waals surface area (Å²) in [5, 5.41) is 23.3.